The Morgan fingerprint density at radius 3 is 3.12 bits per heavy atom. The molecule has 1 N–H and O–H groups in total. The highest BCUT2D eigenvalue weighted by Crippen LogP contribution is 2.37. The molecular weight excluding hydrogens is 236 g/mol. The van der Waals surface area contributed by atoms with Crippen LogP contribution in [0.2, 0.25) is 5.02 Å². The molecule has 0 aliphatic carbocycles. The van der Waals surface area contributed by atoms with E-state index in [2.05, 4.69) is 17.1 Å². The monoisotopic (exact) mass is 250 g/mol. The van der Waals surface area contributed by atoms with Gasteiger partial charge in [0.15, 0.2) is 0 Å². The molecule has 0 bridgehead atoms. The van der Waals surface area contributed by atoms with Crippen LogP contribution in [0.5, 0.6) is 0 Å². The largest absolute Gasteiger partial charge is 0.354 e. The number of rotatable bonds is 1. The number of amides is 1. The molecular formula is C13H15ClN2O. The average molecular weight is 251 g/mol. The van der Waals surface area contributed by atoms with E-state index in [1.807, 2.05) is 18.2 Å². The molecule has 2 atom stereocenters. The van der Waals surface area contributed by atoms with Crippen molar-refractivity contribution in [1.82, 2.24) is 5.32 Å². The van der Waals surface area contributed by atoms with Crippen molar-refractivity contribution in [2.45, 2.75) is 31.8 Å². The Morgan fingerprint density at radius 1 is 1.53 bits per heavy atom. The number of carbonyl (C=O) groups is 1. The van der Waals surface area contributed by atoms with Crippen LogP contribution in [0.3, 0.4) is 0 Å². The molecule has 1 saturated heterocycles. The number of nitrogens with zero attached hydrogens (tertiary/aromatic N) is 1. The quantitative estimate of drug-likeness (QED) is 0.827. The van der Waals surface area contributed by atoms with E-state index in [0.29, 0.717) is 6.04 Å². The Morgan fingerprint density at radius 2 is 2.35 bits per heavy atom. The highest BCUT2D eigenvalue weighted by Gasteiger charge is 2.41. The van der Waals surface area contributed by atoms with Crippen LogP contribution in [0.25, 0.3) is 0 Å². The van der Waals surface area contributed by atoms with E-state index in [1.165, 1.54) is 5.56 Å². The van der Waals surface area contributed by atoms with Crippen molar-refractivity contribution in [3.8, 4) is 0 Å². The number of hydrogen-bond donors (Lipinski definition) is 1. The van der Waals surface area contributed by atoms with E-state index >= 15 is 0 Å². The van der Waals surface area contributed by atoms with Crippen LogP contribution in [0.4, 0.5) is 5.69 Å². The minimum atomic E-state index is -0.0397. The van der Waals surface area contributed by atoms with Gasteiger partial charge < -0.3 is 10.2 Å². The van der Waals surface area contributed by atoms with E-state index in [-0.39, 0.29) is 11.9 Å². The number of hydrogen-bond acceptors (Lipinski definition) is 2. The fourth-order valence-electron chi connectivity index (χ4n) is 2.87. The van der Waals surface area contributed by atoms with Gasteiger partial charge >= 0.3 is 0 Å². The number of benzene rings is 1. The zero-order chi connectivity index (χ0) is 12.0. The number of carbonyl (C=O) groups excluding carboxylic acids is 1. The highest BCUT2D eigenvalue weighted by molar-refractivity contribution is 6.31. The molecule has 90 valence electrons. The third-order valence-corrected chi connectivity index (χ3v) is 3.99. The maximum absolute atomic E-state index is 11.9. The maximum Gasteiger partial charge on any atom is 0.243 e. The van der Waals surface area contributed by atoms with Gasteiger partial charge in [-0.05, 0) is 24.1 Å². The molecule has 0 aromatic heterocycles. The van der Waals surface area contributed by atoms with Crippen molar-refractivity contribution in [2.75, 3.05) is 11.4 Å². The Balaban J connectivity index is 2.06. The molecule has 1 fully saturated rings. The first kappa shape index (κ1) is 10.9. The summed E-state index contributed by atoms with van der Waals surface area (Å²) in [5.41, 5.74) is 2.37. The second-order valence-electron chi connectivity index (χ2n) is 4.71. The molecule has 0 radical (unpaired) electrons. The Kier molecular flexibility index (Phi) is 2.51. The van der Waals surface area contributed by atoms with E-state index in [1.54, 1.807) is 0 Å². The molecule has 3 rings (SSSR count). The lowest BCUT2D eigenvalue weighted by Gasteiger charge is -2.39. The SMILES string of the molecule is CCC1CNC(=O)C2Cc3ccc(Cl)cc3N12. The first-order valence-corrected chi connectivity index (χ1v) is 6.43. The summed E-state index contributed by atoms with van der Waals surface area (Å²) in [5, 5.41) is 3.73. The van der Waals surface area contributed by atoms with Gasteiger partial charge in [-0.2, -0.15) is 0 Å². The van der Waals surface area contributed by atoms with Crippen molar-refractivity contribution in [2.24, 2.45) is 0 Å². The van der Waals surface area contributed by atoms with Gasteiger partial charge in [0.05, 0.1) is 0 Å². The number of piperazine rings is 1. The van der Waals surface area contributed by atoms with Crippen molar-refractivity contribution in [1.29, 1.82) is 0 Å². The number of anilines is 1. The molecule has 0 saturated carbocycles. The zero-order valence-electron chi connectivity index (χ0n) is 9.74. The highest BCUT2D eigenvalue weighted by atomic mass is 35.5. The molecule has 4 heteroatoms. The fraction of sp³-hybridized carbons (Fsp3) is 0.462. The minimum absolute atomic E-state index is 0.0397. The summed E-state index contributed by atoms with van der Waals surface area (Å²) in [6.07, 6.45) is 1.83. The smallest absolute Gasteiger partial charge is 0.243 e. The zero-order valence-corrected chi connectivity index (χ0v) is 10.5. The summed E-state index contributed by atoms with van der Waals surface area (Å²) in [7, 11) is 0. The van der Waals surface area contributed by atoms with Crippen LogP contribution < -0.4 is 10.2 Å². The molecule has 2 aliphatic rings. The Labute approximate surface area is 106 Å². The predicted molar refractivity (Wildman–Crippen MR) is 68.5 cm³/mol. The van der Waals surface area contributed by atoms with E-state index in [4.69, 9.17) is 11.6 Å². The van der Waals surface area contributed by atoms with Gasteiger partial charge in [-0.15, -0.1) is 0 Å². The molecule has 2 unspecified atom stereocenters. The van der Waals surface area contributed by atoms with Gasteiger partial charge in [0.2, 0.25) is 5.91 Å². The van der Waals surface area contributed by atoms with Gasteiger partial charge in [-0.3, -0.25) is 4.79 Å². The topological polar surface area (TPSA) is 32.3 Å². The third-order valence-electron chi connectivity index (χ3n) is 3.75. The predicted octanol–water partition coefficient (Wildman–Crippen LogP) is 1.98. The lowest BCUT2D eigenvalue weighted by atomic mass is 10.1. The average Bonchev–Trinajstić information content (AvgIpc) is 2.70. The van der Waals surface area contributed by atoms with Crippen LogP contribution in [0.1, 0.15) is 18.9 Å². The Bertz CT molecular complexity index is 474. The van der Waals surface area contributed by atoms with Crippen LogP contribution in [-0.2, 0) is 11.2 Å². The van der Waals surface area contributed by atoms with Crippen molar-refractivity contribution >= 4 is 23.2 Å². The molecule has 1 aromatic carbocycles. The van der Waals surface area contributed by atoms with Crippen LogP contribution in [0, 0.1) is 0 Å². The molecule has 0 spiro atoms. The van der Waals surface area contributed by atoms with Gasteiger partial charge in [0.1, 0.15) is 6.04 Å². The van der Waals surface area contributed by atoms with Gasteiger partial charge in [0.25, 0.3) is 0 Å². The number of fused-ring (bicyclic) bond motifs is 3. The number of nitrogens with one attached hydrogen (secondary N) is 1. The van der Waals surface area contributed by atoms with Crippen LogP contribution in [0.15, 0.2) is 18.2 Å². The molecule has 1 aromatic rings. The van der Waals surface area contributed by atoms with E-state index in [9.17, 15) is 4.79 Å². The molecule has 2 aliphatic heterocycles. The lowest BCUT2D eigenvalue weighted by molar-refractivity contribution is -0.123. The van der Waals surface area contributed by atoms with Crippen molar-refractivity contribution in [3.63, 3.8) is 0 Å². The summed E-state index contributed by atoms with van der Waals surface area (Å²) >= 11 is 6.05. The minimum Gasteiger partial charge on any atom is -0.354 e. The van der Waals surface area contributed by atoms with Gasteiger partial charge in [0, 0.05) is 29.7 Å². The maximum atomic E-state index is 11.9. The van der Waals surface area contributed by atoms with Crippen molar-refractivity contribution in [3.05, 3.63) is 28.8 Å². The summed E-state index contributed by atoms with van der Waals surface area (Å²) in [6, 6.07) is 6.27. The summed E-state index contributed by atoms with van der Waals surface area (Å²) in [5.74, 6) is 0.141. The fourth-order valence-corrected chi connectivity index (χ4v) is 3.04. The number of halogens is 1. The second-order valence-corrected chi connectivity index (χ2v) is 5.14. The Hall–Kier alpha value is -1.22. The molecule has 3 nitrogen and oxygen atoms in total. The summed E-state index contributed by atoms with van der Waals surface area (Å²) in [6.45, 7) is 2.89. The van der Waals surface area contributed by atoms with E-state index < -0.39 is 0 Å². The standard InChI is InChI=1S/C13H15ClN2O/c1-2-10-7-15-13(17)12-5-8-3-4-9(14)6-11(8)16(10)12/h3-4,6,10,12H,2,5,7H2,1H3,(H,15,17). The third kappa shape index (κ3) is 1.61. The van der Waals surface area contributed by atoms with E-state index in [0.717, 1.165) is 30.1 Å². The first-order valence-electron chi connectivity index (χ1n) is 6.05. The molecule has 17 heavy (non-hydrogen) atoms. The second kappa shape index (κ2) is 3.91. The van der Waals surface area contributed by atoms with Crippen LogP contribution >= 0.6 is 11.6 Å². The van der Waals surface area contributed by atoms with Crippen molar-refractivity contribution < 1.29 is 4.79 Å². The van der Waals surface area contributed by atoms with Gasteiger partial charge in [-0.1, -0.05) is 24.6 Å². The normalized spacial score (nSPS) is 26.5. The molecule has 1 amide bonds. The van der Waals surface area contributed by atoms with Crippen LogP contribution in [-0.4, -0.2) is 24.5 Å². The summed E-state index contributed by atoms with van der Waals surface area (Å²) < 4.78 is 0. The molecule has 2 heterocycles. The summed E-state index contributed by atoms with van der Waals surface area (Å²) in [4.78, 5) is 14.2. The first-order chi connectivity index (χ1) is 8.20. The van der Waals surface area contributed by atoms with Gasteiger partial charge in [-0.25, -0.2) is 0 Å². The lowest BCUT2D eigenvalue weighted by Crippen LogP contribution is -2.59.